The summed E-state index contributed by atoms with van der Waals surface area (Å²) in [4.78, 5) is 31.1. The molecule has 174 valence electrons. The number of carbonyl (C=O) groups is 1. The molecular weight excluding hydrogens is 480 g/mol. The van der Waals surface area contributed by atoms with Gasteiger partial charge in [-0.05, 0) is 67.2 Å². The Morgan fingerprint density at radius 2 is 1.71 bits per heavy atom. The van der Waals surface area contributed by atoms with Crippen molar-refractivity contribution in [2.24, 2.45) is 0 Å². The Morgan fingerprint density at radius 1 is 1.00 bits per heavy atom. The highest BCUT2D eigenvalue weighted by atomic mass is 32.2. The molecule has 35 heavy (non-hydrogen) atoms. The van der Waals surface area contributed by atoms with E-state index in [1.165, 1.54) is 16.4 Å². The van der Waals surface area contributed by atoms with Crippen LogP contribution < -0.4 is 15.6 Å². The van der Waals surface area contributed by atoms with E-state index in [1.807, 2.05) is 30.3 Å². The lowest BCUT2D eigenvalue weighted by Crippen LogP contribution is -2.28. The van der Waals surface area contributed by atoms with Gasteiger partial charge in [0, 0.05) is 11.1 Å². The largest absolute Gasteiger partial charge is 0.497 e. The van der Waals surface area contributed by atoms with Gasteiger partial charge in [-0.25, -0.2) is 4.98 Å². The molecule has 0 bridgehead atoms. The van der Waals surface area contributed by atoms with Crippen molar-refractivity contribution in [3.8, 4) is 11.4 Å². The Morgan fingerprint density at radius 3 is 2.43 bits per heavy atom. The van der Waals surface area contributed by atoms with Gasteiger partial charge in [-0.2, -0.15) is 9.78 Å². The fourth-order valence-corrected chi connectivity index (χ4v) is 5.54. The van der Waals surface area contributed by atoms with Crippen molar-refractivity contribution in [2.45, 2.75) is 16.3 Å². The van der Waals surface area contributed by atoms with Crippen LogP contribution in [0, 0.1) is 6.92 Å². The van der Waals surface area contributed by atoms with E-state index in [-0.39, 0.29) is 11.6 Å². The molecule has 0 aliphatic rings. The zero-order chi connectivity index (χ0) is 24.4. The molecule has 2 aromatic heterocycles. The molecule has 1 N–H and O–H groups in total. The molecule has 0 saturated carbocycles. The monoisotopic (exact) mass is 500 g/mol. The third-order valence-corrected chi connectivity index (χ3v) is 7.52. The molecule has 5 aromatic rings. The summed E-state index contributed by atoms with van der Waals surface area (Å²) >= 11 is 2.91. The number of methoxy groups -OCH3 is 1. The molecule has 0 radical (unpaired) electrons. The molecule has 1 amide bonds. The number of para-hydroxylation sites is 1. The lowest BCUT2D eigenvalue weighted by molar-refractivity contribution is 0.102. The number of benzene rings is 3. The fraction of sp³-hybridized carbons (Fsp3) is 0.0769. The van der Waals surface area contributed by atoms with Crippen molar-refractivity contribution in [3.63, 3.8) is 0 Å². The first-order valence-corrected chi connectivity index (χ1v) is 12.3. The maximum absolute atomic E-state index is 13.5. The SMILES string of the molecule is COc1ccc(-n2nc(Sc3nc4ccccc4s3)c(C)c(NC(=O)c3ccccc3)c2=O)cc1. The van der Waals surface area contributed by atoms with E-state index >= 15 is 0 Å². The Bertz CT molecular complexity index is 1550. The van der Waals surface area contributed by atoms with Gasteiger partial charge in [0.25, 0.3) is 11.5 Å². The average molecular weight is 501 g/mol. The lowest BCUT2D eigenvalue weighted by Gasteiger charge is -2.14. The van der Waals surface area contributed by atoms with Gasteiger partial charge >= 0.3 is 0 Å². The Labute approximate surface area is 209 Å². The number of nitrogens with one attached hydrogen (secondary N) is 1. The Balaban J connectivity index is 1.61. The van der Waals surface area contributed by atoms with Gasteiger partial charge in [-0.15, -0.1) is 11.3 Å². The molecule has 7 nitrogen and oxygen atoms in total. The predicted octanol–water partition coefficient (Wildman–Crippen LogP) is 5.56. The van der Waals surface area contributed by atoms with E-state index in [0.29, 0.717) is 27.6 Å². The summed E-state index contributed by atoms with van der Waals surface area (Å²) in [6.45, 7) is 1.78. The molecule has 5 rings (SSSR count). The molecule has 0 saturated heterocycles. The molecule has 9 heteroatoms. The van der Waals surface area contributed by atoms with E-state index in [4.69, 9.17) is 4.74 Å². The van der Waals surface area contributed by atoms with Crippen LogP contribution in [0.4, 0.5) is 5.69 Å². The maximum Gasteiger partial charge on any atom is 0.295 e. The van der Waals surface area contributed by atoms with Crippen LogP contribution in [0.2, 0.25) is 0 Å². The van der Waals surface area contributed by atoms with E-state index in [1.54, 1.807) is 73.9 Å². The number of fused-ring (bicyclic) bond motifs is 1. The quantitative estimate of drug-likeness (QED) is 0.328. The zero-order valence-electron chi connectivity index (χ0n) is 18.9. The first kappa shape index (κ1) is 22.8. The number of amides is 1. The summed E-state index contributed by atoms with van der Waals surface area (Å²) in [6.07, 6.45) is 0. The van der Waals surface area contributed by atoms with Crippen molar-refractivity contribution >= 4 is 44.9 Å². The predicted molar refractivity (Wildman–Crippen MR) is 139 cm³/mol. The number of hydrogen-bond acceptors (Lipinski definition) is 7. The van der Waals surface area contributed by atoms with Gasteiger partial charge in [0.1, 0.15) is 16.5 Å². The van der Waals surface area contributed by atoms with Crippen LogP contribution in [0.25, 0.3) is 15.9 Å². The number of nitrogens with zero attached hydrogens (tertiary/aromatic N) is 3. The summed E-state index contributed by atoms with van der Waals surface area (Å²) in [6, 6.07) is 23.7. The molecule has 0 fully saturated rings. The minimum atomic E-state index is -0.425. The molecule has 0 atom stereocenters. The number of carbonyl (C=O) groups excluding carboxylic acids is 1. The van der Waals surface area contributed by atoms with Crippen LogP contribution in [0.1, 0.15) is 15.9 Å². The molecule has 0 aliphatic heterocycles. The van der Waals surface area contributed by atoms with Crippen molar-refractivity contribution in [2.75, 3.05) is 12.4 Å². The highest BCUT2D eigenvalue weighted by Crippen LogP contribution is 2.36. The summed E-state index contributed by atoms with van der Waals surface area (Å²) in [5.74, 6) is 0.296. The topological polar surface area (TPSA) is 86.1 Å². The number of hydrogen-bond donors (Lipinski definition) is 1. The first-order chi connectivity index (χ1) is 17.0. The summed E-state index contributed by atoms with van der Waals surface area (Å²) < 4.78 is 8.39. The van der Waals surface area contributed by atoms with Crippen molar-refractivity contribution in [3.05, 3.63) is 100 Å². The lowest BCUT2D eigenvalue weighted by atomic mass is 10.2. The molecular formula is C26H20N4O3S2. The zero-order valence-corrected chi connectivity index (χ0v) is 20.5. The van der Waals surface area contributed by atoms with Crippen LogP contribution in [-0.2, 0) is 0 Å². The number of thiazole rings is 1. The van der Waals surface area contributed by atoms with Gasteiger partial charge in [0.05, 0.1) is 23.0 Å². The normalized spacial score (nSPS) is 10.9. The molecule has 2 heterocycles. The summed E-state index contributed by atoms with van der Waals surface area (Å²) in [7, 11) is 1.58. The van der Waals surface area contributed by atoms with E-state index in [9.17, 15) is 9.59 Å². The van der Waals surface area contributed by atoms with Gasteiger partial charge in [0.15, 0.2) is 4.34 Å². The van der Waals surface area contributed by atoms with Crippen LogP contribution in [0.3, 0.4) is 0 Å². The van der Waals surface area contributed by atoms with Crippen molar-refractivity contribution in [1.29, 1.82) is 0 Å². The van der Waals surface area contributed by atoms with Crippen molar-refractivity contribution < 1.29 is 9.53 Å². The molecule has 0 unspecified atom stereocenters. The summed E-state index contributed by atoms with van der Waals surface area (Å²) in [5, 5.41) is 8.03. The van der Waals surface area contributed by atoms with E-state index in [0.717, 1.165) is 14.6 Å². The highest BCUT2D eigenvalue weighted by molar-refractivity contribution is 8.01. The second kappa shape index (κ2) is 9.73. The first-order valence-electron chi connectivity index (χ1n) is 10.7. The van der Waals surface area contributed by atoms with Crippen LogP contribution in [-0.4, -0.2) is 27.8 Å². The average Bonchev–Trinajstić information content (AvgIpc) is 3.31. The number of anilines is 1. The van der Waals surface area contributed by atoms with E-state index < -0.39 is 5.56 Å². The molecule has 3 aromatic carbocycles. The third-order valence-electron chi connectivity index (χ3n) is 5.34. The van der Waals surface area contributed by atoms with Crippen LogP contribution >= 0.6 is 23.1 Å². The van der Waals surface area contributed by atoms with Gasteiger partial charge in [-0.3, -0.25) is 9.59 Å². The Hall–Kier alpha value is -3.95. The van der Waals surface area contributed by atoms with Crippen LogP contribution in [0.5, 0.6) is 5.75 Å². The molecule has 0 spiro atoms. The number of rotatable bonds is 6. The van der Waals surface area contributed by atoms with Crippen LogP contribution in [0.15, 0.2) is 93.0 Å². The minimum Gasteiger partial charge on any atom is -0.497 e. The second-order valence-electron chi connectivity index (χ2n) is 7.59. The Kier molecular flexibility index (Phi) is 6.35. The van der Waals surface area contributed by atoms with Gasteiger partial charge in [0.2, 0.25) is 0 Å². The highest BCUT2D eigenvalue weighted by Gasteiger charge is 2.20. The maximum atomic E-state index is 13.5. The summed E-state index contributed by atoms with van der Waals surface area (Å²) in [5.41, 5.74) is 2.24. The minimum absolute atomic E-state index is 0.174. The number of aromatic nitrogens is 3. The molecule has 0 aliphatic carbocycles. The van der Waals surface area contributed by atoms with Gasteiger partial charge < -0.3 is 10.1 Å². The smallest absolute Gasteiger partial charge is 0.295 e. The third kappa shape index (κ3) is 4.68. The number of ether oxygens (including phenoxy) is 1. The van der Waals surface area contributed by atoms with E-state index in [2.05, 4.69) is 15.4 Å². The standard InChI is InChI=1S/C26H20N4O3S2/c1-16-22(28-23(31)17-8-4-3-5-9-17)25(32)30(18-12-14-19(33-2)15-13-18)29-24(16)35-26-27-20-10-6-7-11-21(20)34-26/h3-15H,1-2H3,(H,28,31). The van der Waals surface area contributed by atoms with Gasteiger partial charge in [-0.1, -0.05) is 30.3 Å². The fourth-order valence-electron chi connectivity index (χ4n) is 3.48. The van der Waals surface area contributed by atoms with Crippen molar-refractivity contribution in [1.82, 2.24) is 14.8 Å². The second-order valence-corrected chi connectivity index (χ2v) is 9.86.